The van der Waals surface area contributed by atoms with Crippen LogP contribution in [-0.4, -0.2) is 29.8 Å². The Kier molecular flexibility index (Phi) is 11.4. The lowest BCUT2D eigenvalue weighted by atomic mass is 9.83. The molecule has 0 heterocycles. The molecule has 0 saturated carbocycles. The molecular weight excluding hydrogens is 416 g/mol. The molecule has 1 aliphatic rings. The lowest BCUT2D eigenvalue weighted by molar-refractivity contribution is -0.138. The van der Waals surface area contributed by atoms with Crippen LogP contribution < -0.4 is 0 Å². The SMILES string of the molecule is CCCCCCOC1(c2ccccc2C(=O)OC(C)CCCCCC)C=CC(C(=O)O)C=C1. The van der Waals surface area contributed by atoms with E-state index in [2.05, 4.69) is 13.8 Å². The molecule has 1 aliphatic carbocycles. The Morgan fingerprint density at radius 1 is 0.970 bits per heavy atom. The lowest BCUT2D eigenvalue weighted by Gasteiger charge is -2.33. The van der Waals surface area contributed by atoms with Crippen LogP contribution in [0.4, 0.5) is 0 Å². The summed E-state index contributed by atoms with van der Waals surface area (Å²) in [5.74, 6) is -1.99. The molecule has 0 amide bonds. The number of ether oxygens (including phenoxy) is 2. The van der Waals surface area contributed by atoms with Gasteiger partial charge in [-0.25, -0.2) is 4.79 Å². The van der Waals surface area contributed by atoms with Crippen molar-refractivity contribution in [3.05, 3.63) is 59.7 Å². The van der Waals surface area contributed by atoms with Crippen LogP contribution in [0.1, 0.15) is 94.5 Å². The minimum absolute atomic E-state index is 0.165. The standard InChI is InChI=1S/C28H40O5/c1-4-6-8-10-14-22(3)33-27(31)24-15-11-12-16-25(24)28(32-21-13-9-7-5-2)19-17-23(18-20-28)26(29)30/h11-12,15-20,22-23H,4-10,13-14,21H2,1-3H3,(H,29,30). The van der Waals surface area contributed by atoms with Crippen LogP contribution in [-0.2, 0) is 19.9 Å². The van der Waals surface area contributed by atoms with Crippen LogP contribution in [0.25, 0.3) is 0 Å². The van der Waals surface area contributed by atoms with Gasteiger partial charge in [0.2, 0.25) is 0 Å². The summed E-state index contributed by atoms with van der Waals surface area (Å²) in [5.41, 5.74) is 0.146. The molecule has 0 radical (unpaired) electrons. The largest absolute Gasteiger partial charge is 0.481 e. The average Bonchev–Trinajstić information content (AvgIpc) is 2.82. The first kappa shape index (κ1) is 26.8. The summed E-state index contributed by atoms with van der Waals surface area (Å²) in [6.07, 6.45) is 16.3. The molecule has 0 aromatic heterocycles. The number of carbonyl (C=O) groups is 2. The van der Waals surface area contributed by atoms with E-state index in [0.29, 0.717) is 17.7 Å². The number of carbonyl (C=O) groups excluding carboxylic acids is 1. The van der Waals surface area contributed by atoms with Crippen molar-refractivity contribution in [3.8, 4) is 0 Å². The highest BCUT2D eigenvalue weighted by Crippen LogP contribution is 2.36. The van der Waals surface area contributed by atoms with Crippen molar-refractivity contribution >= 4 is 11.9 Å². The van der Waals surface area contributed by atoms with Crippen molar-refractivity contribution in [2.24, 2.45) is 5.92 Å². The second kappa shape index (κ2) is 14.0. The van der Waals surface area contributed by atoms with E-state index in [9.17, 15) is 14.7 Å². The van der Waals surface area contributed by atoms with Crippen molar-refractivity contribution in [1.82, 2.24) is 0 Å². The van der Waals surface area contributed by atoms with E-state index in [0.717, 1.165) is 44.9 Å². The van der Waals surface area contributed by atoms with E-state index in [1.54, 1.807) is 30.4 Å². The number of hydrogen-bond acceptors (Lipinski definition) is 4. The lowest BCUT2D eigenvalue weighted by Crippen LogP contribution is -2.31. The summed E-state index contributed by atoms with van der Waals surface area (Å²) in [6, 6.07) is 7.31. The Bertz CT molecular complexity index is 796. The number of hydrogen-bond donors (Lipinski definition) is 1. The zero-order valence-corrected chi connectivity index (χ0v) is 20.4. The van der Waals surface area contributed by atoms with Gasteiger partial charge in [-0.15, -0.1) is 0 Å². The second-order valence-electron chi connectivity index (χ2n) is 8.90. The number of esters is 1. The van der Waals surface area contributed by atoms with E-state index < -0.39 is 17.5 Å². The molecule has 5 heteroatoms. The summed E-state index contributed by atoms with van der Waals surface area (Å²) in [7, 11) is 0. The maximum absolute atomic E-state index is 13.1. The van der Waals surface area contributed by atoms with Crippen molar-refractivity contribution in [2.75, 3.05) is 6.61 Å². The Balaban J connectivity index is 2.22. The molecule has 182 valence electrons. The molecule has 1 aromatic rings. The maximum Gasteiger partial charge on any atom is 0.338 e. The monoisotopic (exact) mass is 456 g/mol. The first-order chi connectivity index (χ1) is 15.9. The zero-order chi connectivity index (χ0) is 24.1. The molecule has 1 unspecified atom stereocenters. The molecule has 5 nitrogen and oxygen atoms in total. The molecule has 33 heavy (non-hydrogen) atoms. The second-order valence-corrected chi connectivity index (χ2v) is 8.90. The van der Waals surface area contributed by atoms with Gasteiger partial charge in [-0.2, -0.15) is 0 Å². The van der Waals surface area contributed by atoms with Crippen molar-refractivity contribution in [1.29, 1.82) is 0 Å². The Labute approximate surface area is 198 Å². The van der Waals surface area contributed by atoms with Crippen LogP contribution in [0.15, 0.2) is 48.6 Å². The average molecular weight is 457 g/mol. The van der Waals surface area contributed by atoms with Gasteiger partial charge in [0.25, 0.3) is 0 Å². The molecule has 1 atom stereocenters. The number of rotatable bonds is 15. The van der Waals surface area contributed by atoms with Gasteiger partial charge in [-0.3, -0.25) is 4.79 Å². The first-order valence-electron chi connectivity index (χ1n) is 12.5. The topological polar surface area (TPSA) is 72.8 Å². The molecule has 0 saturated heterocycles. The predicted molar refractivity (Wildman–Crippen MR) is 131 cm³/mol. The molecule has 1 N–H and O–H groups in total. The highest BCUT2D eigenvalue weighted by atomic mass is 16.5. The molecule has 0 bridgehead atoms. The van der Waals surface area contributed by atoms with Crippen molar-refractivity contribution in [3.63, 3.8) is 0 Å². The number of aliphatic carboxylic acids is 1. The first-order valence-corrected chi connectivity index (χ1v) is 12.5. The summed E-state index contributed by atoms with van der Waals surface area (Å²) in [6.45, 7) is 6.79. The fourth-order valence-corrected chi connectivity index (χ4v) is 4.07. The summed E-state index contributed by atoms with van der Waals surface area (Å²) < 4.78 is 12.1. The molecule has 2 rings (SSSR count). The number of benzene rings is 1. The van der Waals surface area contributed by atoms with Gasteiger partial charge in [0.05, 0.1) is 17.6 Å². The third-order valence-corrected chi connectivity index (χ3v) is 6.07. The summed E-state index contributed by atoms with van der Waals surface area (Å²) >= 11 is 0. The van der Waals surface area contributed by atoms with Crippen LogP contribution in [0.2, 0.25) is 0 Å². The van der Waals surface area contributed by atoms with Crippen LogP contribution >= 0.6 is 0 Å². The fourth-order valence-electron chi connectivity index (χ4n) is 4.07. The van der Waals surface area contributed by atoms with E-state index in [4.69, 9.17) is 9.47 Å². The third-order valence-electron chi connectivity index (χ3n) is 6.07. The summed E-state index contributed by atoms with van der Waals surface area (Å²) in [4.78, 5) is 24.6. The third kappa shape index (κ3) is 8.15. The molecule has 0 fully saturated rings. The minimum Gasteiger partial charge on any atom is -0.481 e. The number of carboxylic acid groups (broad SMARTS) is 1. The Hall–Kier alpha value is -2.40. The maximum atomic E-state index is 13.1. The number of carboxylic acids is 1. The van der Waals surface area contributed by atoms with Gasteiger partial charge in [-0.05, 0) is 44.4 Å². The minimum atomic E-state index is -0.988. The van der Waals surface area contributed by atoms with Gasteiger partial charge in [0.1, 0.15) is 5.60 Å². The van der Waals surface area contributed by atoms with E-state index in [-0.39, 0.29) is 12.1 Å². The van der Waals surface area contributed by atoms with Crippen LogP contribution in [0, 0.1) is 5.92 Å². The van der Waals surface area contributed by atoms with Crippen LogP contribution in [0.5, 0.6) is 0 Å². The van der Waals surface area contributed by atoms with E-state index in [1.807, 2.05) is 25.1 Å². The quantitative estimate of drug-likeness (QED) is 0.178. The van der Waals surface area contributed by atoms with Gasteiger partial charge >= 0.3 is 11.9 Å². The molecule has 1 aromatic carbocycles. The number of unbranched alkanes of at least 4 members (excludes halogenated alkanes) is 6. The Morgan fingerprint density at radius 2 is 1.61 bits per heavy atom. The smallest absolute Gasteiger partial charge is 0.338 e. The fraction of sp³-hybridized carbons (Fsp3) is 0.571. The molecular formula is C28H40O5. The van der Waals surface area contributed by atoms with Gasteiger partial charge < -0.3 is 14.6 Å². The molecule has 0 aliphatic heterocycles. The summed E-state index contributed by atoms with van der Waals surface area (Å²) in [5, 5.41) is 9.38. The van der Waals surface area contributed by atoms with Crippen LogP contribution in [0.3, 0.4) is 0 Å². The van der Waals surface area contributed by atoms with Gasteiger partial charge in [0, 0.05) is 12.2 Å². The van der Waals surface area contributed by atoms with E-state index >= 15 is 0 Å². The zero-order valence-electron chi connectivity index (χ0n) is 20.4. The van der Waals surface area contributed by atoms with Gasteiger partial charge in [-0.1, -0.05) is 82.7 Å². The highest BCUT2D eigenvalue weighted by Gasteiger charge is 2.35. The normalized spacial score (nSPS) is 20.5. The van der Waals surface area contributed by atoms with Crippen molar-refractivity contribution < 1.29 is 24.2 Å². The van der Waals surface area contributed by atoms with Crippen molar-refractivity contribution in [2.45, 2.75) is 90.3 Å². The molecule has 0 spiro atoms. The van der Waals surface area contributed by atoms with Gasteiger partial charge in [0.15, 0.2) is 0 Å². The Morgan fingerprint density at radius 3 is 2.24 bits per heavy atom. The highest BCUT2D eigenvalue weighted by molar-refractivity contribution is 5.92. The van der Waals surface area contributed by atoms with E-state index in [1.165, 1.54) is 12.8 Å². The predicted octanol–water partition coefficient (Wildman–Crippen LogP) is 6.82.